The lowest BCUT2D eigenvalue weighted by Gasteiger charge is -2.07. The second-order valence-corrected chi connectivity index (χ2v) is 4.05. The van der Waals surface area contributed by atoms with Crippen molar-refractivity contribution in [1.29, 1.82) is 0 Å². The van der Waals surface area contributed by atoms with Crippen molar-refractivity contribution < 1.29 is 23.0 Å². The Morgan fingerprint density at radius 1 is 1.05 bits per heavy atom. The van der Waals surface area contributed by atoms with Gasteiger partial charge in [-0.3, -0.25) is 0 Å². The molecule has 20 heavy (non-hydrogen) atoms. The first-order chi connectivity index (χ1) is 9.60. The Morgan fingerprint density at radius 2 is 1.75 bits per heavy atom. The number of benzene rings is 2. The zero-order chi connectivity index (χ0) is 14.5. The van der Waals surface area contributed by atoms with E-state index in [4.69, 9.17) is 4.74 Å². The minimum Gasteiger partial charge on any atom is -0.489 e. The van der Waals surface area contributed by atoms with E-state index in [9.17, 15) is 13.6 Å². The van der Waals surface area contributed by atoms with E-state index in [1.807, 2.05) is 0 Å². The molecule has 2 aromatic carbocycles. The van der Waals surface area contributed by atoms with Gasteiger partial charge < -0.3 is 9.47 Å². The van der Waals surface area contributed by atoms with Crippen molar-refractivity contribution in [2.75, 3.05) is 7.11 Å². The van der Waals surface area contributed by atoms with Crippen LogP contribution >= 0.6 is 0 Å². The highest BCUT2D eigenvalue weighted by atomic mass is 19.2. The SMILES string of the molecule is COC(=O)c1ccc(OCc2ccc(F)c(F)c2)cc1. The lowest BCUT2D eigenvalue weighted by atomic mass is 10.2. The Bertz CT molecular complexity index is 609. The molecule has 0 saturated heterocycles. The molecule has 0 aromatic heterocycles. The molecule has 2 rings (SSSR count). The number of halogens is 2. The summed E-state index contributed by atoms with van der Waals surface area (Å²) in [6.07, 6.45) is 0. The molecule has 0 bridgehead atoms. The molecule has 104 valence electrons. The Labute approximate surface area is 114 Å². The number of hydrogen-bond acceptors (Lipinski definition) is 3. The third kappa shape index (κ3) is 3.32. The molecule has 0 saturated carbocycles. The van der Waals surface area contributed by atoms with Crippen LogP contribution in [0.1, 0.15) is 15.9 Å². The van der Waals surface area contributed by atoms with Crippen LogP contribution in [-0.2, 0) is 11.3 Å². The molecule has 2 aromatic rings. The predicted molar refractivity (Wildman–Crippen MR) is 68.5 cm³/mol. The van der Waals surface area contributed by atoms with E-state index >= 15 is 0 Å². The van der Waals surface area contributed by atoms with E-state index in [-0.39, 0.29) is 6.61 Å². The van der Waals surface area contributed by atoms with Crippen LogP contribution in [0.25, 0.3) is 0 Å². The van der Waals surface area contributed by atoms with Gasteiger partial charge in [0.15, 0.2) is 11.6 Å². The van der Waals surface area contributed by atoms with E-state index in [1.54, 1.807) is 24.3 Å². The smallest absolute Gasteiger partial charge is 0.337 e. The van der Waals surface area contributed by atoms with E-state index in [0.717, 1.165) is 12.1 Å². The lowest BCUT2D eigenvalue weighted by molar-refractivity contribution is 0.0600. The summed E-state index contributed by atoms with van der Waals surface area (Å²) in [6.45, 7) is 0.106. The summed E-state index contributed by atoms with van der Waals surface area (Å²) in [5, 5.41) is 0. The van der Waals surface area contributed by atoms with Crippen LogP contribution in [0.2, 0.25) is 0 Å². The highest BCUT2D eigenvalue weighted by Gasteiger charge is 2.06. The Hall–Kier alpha value is -2.43. The number of methoxy groups -OCH3 is 1. The molecule has 0 fully saturated rings. The molecule has 0 amide bonds. The van der Waals surface area contributed by atoms with Crippen LogP contribution in [-0.4, -0.2) is 13.1 Å². The maximum absolute atomic E-state index is 13.0. The van der Waals surface area contributed by atoms with Gasteiger partial charge in [0, 0.05) is 0 Å². The fourth-order valence-electron chi connectivity index (χ4n) is 1.60. The summed E-state index contributed by atoms with van der Waals surface area (Å²) in [5.74, 6) is -1.72. The number of esters is 1. The second-order valence-electron chi connectivity index (χ2n) is 4.05. The molecular weight excluding hydrogens is 266 g/mol. The number of carbonyl (C=O) groups excluding carboxylic acids is 1. The van der Waals surface area contributed by atoms with E-state index in [1.165, 1.54) is 13.2 Å². The van der Waals surface area contributed by atoms with Gasteiger partial charge in [-0.25, -0.2) is 13.6 Å². The first-order valence-electron chi connectivity index (χ1n) is 5.85. The second kappa shape index (κ2) is 6.14. The van der Waals surface area contributed by atoms with Crippen molar-refractivity contribution in [1.82, 2.24) is 0 Å². The largest absolute Gasteiger partial charge is 0.489 e. The van der Waals surface area contributed by atoms with Crippen LogP contribution in [0.15, 0.2) is 42.5 Å². The average molecular weight is 278 g/mol. The minimum absolute atomic E-state index is 0.106. The quantitative estimate of drug-likeness (QED) is 0.805. The maximum atomic E-state index is 13.0. The number of carbonyl (C=O) groups is 1. The highest BCUT2D eigenvalue weighted by Crippen LogP contribution is 2.16. The molecule has 0 atom stereocenters. The summed E-state index contributed by atoms with van der Waals surface area (Å²) < 4.78 is 35.7. The summed E-state index contributed by atoms with van der Waals surface area (Å²) in [5.41, 5.74) is 0.925. The van der Waals surface area contributed by atoms with Crippen LogP contribution in [0.3, 0.4) is 0 Å². The van der Waals surface area contributed by atoms with Gasteiger partial charge in [0.1, 0.15) is 12.4 Å². The Balaban J connectivity index is 2.00. The summed E-state index contributed by atoms with van der Waals surface area (Å²) in [7, 11) is 1.30. The fraction of sp³-hybridized carbons (Fsp3) is 0.133. The van der Waals surface area contributed by atoms with Gasteiger partial charge in [-0.15, -0.1) is 0 Å². The third-order valence-electron chi connectivity index (χ3n) is 2.66. The van der Waals surface area contributed by atoms with E-state index in [2.05, 4.69) is 4.74 Å². The van der Waals surface area contributed by atoms with Crippen LogP contribution in [0.5, 0.6) is 5.75 Å². The van der Waals surface area contributed by atoms with Crippen LogP contribution in [0, 0.1) is 11.6 Å². The normalized spacial score (nSPS) is 10.2. The topological polar surface area (TPSA) is 35.5 Å². The molecule has 0 spiro atoms. The number of hydrogen-bond donors (Lipinski definition) is 0. The van der Waals surface area contributed by atoms with Crippen LogP contribution in [0.4, 0.5) is 8.78 Å². The highest BCUT2D eigenvalue weighted by molar-refractivity contribution is 5.89. The molecule has 0 radical (unpaired) electrons. The average Bonchev–Trinajstić information content (AvgIpc) is 2.48. The monoisotopic (exact) mass is 278 g/mol. The first kappa shape index (κ1) is 14.0. The van der Waals surface area contributed by atoms with Gasteiger partial charge in [-0.05, 0) is 42.0 Å². The molecule has 0 N–H and O–H groups in total. The van der Waals surface area contributed by atoms with Crippen molar-refractivity contribution in [2.45, 2.75) is 6.61 Å². The third-order valence-corrected chi connectivity index (χ3v) is 2.66. The van der Waals surface area contributed by atoms with Crippen molar-refractivity contribution in [3.8, 4) is 5.75 Å². The summed E-state index contributed by atoms with van der Waals surface area (Å²) in [4.78, 5) is 11.2. The predicted octanol–water partition coefficient (Wildman–Crippen LogP) is 3.33. The van der Waals surface area contributed by atoms with Gasteiger partial charge in [0.05, 0.1) is 12.7 Å². The molecule has 0 unspecified atom stereocenters. The molecule has 0 aliphatic heterocycles. The van der Waals surface area contributed by atoms with E-state index in [0.29, 0.717) is 16.9 Å². The van der Waals surface area contributed by atoms with Crippen molar-refractivity contribution >= 4 is 5.97 Å². The Kier molecular flexibility index (Phi) is 4.30. The lowest BCUT2D eigenvalue weighted by Crippen LogP contribution is -2.01. The van der Waals surface area contributed by atoms with E-state index < -0.39 is 17.6 Å². The maximum Gasteiger partial charge on any atom is 0.337 e. The molecule has 5 heteroatoms. The van der Waals surface area contributed by atoms with Gasteiger partial charge in [0.2, 0.25) is 0 Å². The zero-order valence-corrected chi connectivity index (χ0v) is 10.7. The molecule has 0 aliphatic rings. The summed E-state index contributed by atoms with van der Waals surface area (Å²) in [6, 6.07) is 9.91. The number of rotatable bonds is 4. The molecular formula is C15H12F2O3. The van der Waals surface area contributed by atoms with Gasteiger partial charge in [0.25, 0.3) is 0 Å². The van der Waals surface area contributed by atoms with Crippen LogP contribution < -0.4 is 4.74 Å². The van der Waals surface area contributed by atoms with Crippen molar-refractivity contribution in [3.63, 3.8) is 0 Å². The Morgan fingerprint density at radius 3 is 2.35 bits per heavy atom. The summed E-state index contributed by atoms with van der Waals surface area (Å²) >= 11 is 0. The standard InChI is InChI=1S/C15H12F2O3/c1-19-15(18)11-3-5-12(6-4-11)20-9-10-2-7-13(16)14(17)8-10/h2-8H,9H2,1H3. The molecule has 0 aliphatic carbocycles. The van der Waals surface area contributed by atoms with Gasteiger partial charge in [-0.2, -0.15) is 0 Å². The molecule has 0 heterocycles. The van der Waals surface area contributed by atoms with Gasteiger partial charge >= 0.3 is 5.97 Å². The number of ether oxygens (including phenoxy) is 2. The van der Waals surface area contributed by atoms with Crippen molar-refractivity contribution in [2.24, 2.45) is 0 Å². The zero-order valence-electron chi connectivity index (χ0n) is 10.7. The minimum atomic E-state index is -0.910. The van der Waals surface area contributed by atoms with Gasteiger partial charge in [-0.1, -0.05) is 6.07 Å². The van der Waals surface area contributed by atoms with Crippen molar-refractivity contribution in [3.05, 3.63) is 65.2 Å². The molecule has 3 nitrogen and oxygen atoms in total. The first-order valence-corrected chi connectivity index (χ1v) is 5.85. The fourth-order valence-corrected chi connectivity index (χ4v) is 1.60.